The molecule has 1 aliphatic carbocycles. The first-order valence-electron chi connectivity index (χ1n) is 14.1. The highest BCUT2D eigenvalue weighted by Crippen LogP contribution is 2.45. The van der Waals surface area contributed by atoms with Crippen LogP contribution in [0.15, 0.2) is 42.5 Å². The van der Waals surface area contributed by atoms with Crippen LogP contribution in [0.4, 0.5) is 0 Å². The number of hydrogen-bond acceptors (Lipinski definition) is 6. The van der Waals surface area contributed by atoms with Gasteiger partial charge in [-0.2, -0.15) is 0 Å². The number of methoxy groups -OCH3 is 2. The van der Waals surface area contributed by atoms with E-state index in [1.165, 1.54) is 16.7 Å². The molecule has 1 amide bonds. The van der Waals surface area contributed by atoms with Crippen molar-refractivity contribution in [1.29, 1.82) is 0 Å². The van der Waals surface area contributed by atoms with Gasteiger partial charge in [-0.1, -0.05) is 30.3 Å². The van der Waals surface area contributed by atoms with Gasteiger partial charge in [0.2, 0.25) is 5.91 Å². The number of carbonyl (C=O) groups excluding carboxylic acids is 1. The maximum atomic E-state index is 14.4. The summed E-state index contributed by atoms with van der Waals surface area (Å²) in [6, 6.07) is 15.2. The molecular weight excluding hydrogens is 480 g/mol. The number of fused-ring (bicyclic) bond motifs is 2. The van der Waals surface area contributed by atoms with E-state index in [9.17, 15) is 4.79 Å². The summed E-state index contributed by atoms with van der Waals surface area (Å²) in [5.41, 5.74) is 4.28. The molecule has 3 aliphatic rings. The number of benzene rings is 2. The van der Waals surface area contributed by atoms with Crippen LogP contribution in [0, 0.1) is 5.92 Å². The van der Waals surface area contributed by atoms with Crippen LogP contribution in [-0.2, 0) is 44.0 Å². The molecule has 1 N–H and O–H groups in total. The van der Waals surface area contributed by atoms with Gasteiger partial charge in [-0.05, 0) is 79.5 Å². The van der Waals surface area contributed by atoms with Gasteiger partial charge < -0.3 is 29.2 Å². The first kappa shape index (κ1) is 27.1. The van der Waals surface area contributed by atoms with Gasteiger partial charge in [-0.15, -0.1) is 0 Å². The van der Waals surface area contributed by atoms with Crippen LogP contribution in [0.3, 0.4) is 0 Å². The highest BCUT2D eigenvalue weighted by molar-refractivity contribution is 5.82. The van der Waals surface area contributed by atoms with Gasteiger partial charge >= 0.3 is 0 Å². The van der Waals surface area contributed by atoms with Crippen LogP contribution in [0.1, 0.15) is 47.9 Å². The molecule has 2 aromatic rings. The van der Waals surface area contributed by atoms with E-state index in [-0.39, 0.29) is 17.9 Å². The Kier molecular flexibility index (Phi) is 9.00. The topological polar surface area (TPSA) is 69.3 Å². The smallest absolute Gasteiger partial charge is 0.230 e. The lowest BCUT2D eigenvalue weighted by molar-refractivity contribution is -0.162. The minimum atomic E-state index is -0.555. The first-order valence-corrected chi connectivity index (χ1v) is 14.1. The molecule has 7 heteroatoms. The summed E-state index contributed by atoms with van der Waals surface area (Å²) in [5, 5.41) is 3.50. The van der Waals surface area contributed by atoms with Crippen molar-refractivity contribution in [2.75, 3.05) is 53.7 Å². The van der Waals surface area contributed by atoms with Crippen LogP contribution in [-0.4, -0.2) is 70.6 Å². The Morgan fingerprint density at radius 2 is 1.89 bits per heavy atom. The van der Waals surface area contributed by atoms with Crippen molar-refractivity contribution in [2.45, 2.75) is 56.7 Å². The van der Waals surface area contributed by atoms with Crippen molar-refractivity contribution in [3.8, 4) is 5.75 Å². The van der Waals surface area contributed by atoms with Crippen molar-refractivity contribution in [2.24, 2.45) is 5.92 Å². The average Bonchev–Trinajstić information content (AvgIpc) is 3.78. The lowest BCUT2D eigenvalue weighted by Crippen LogP contribution is -2.58. The quantitative estimate of drug-likeness (QED) is 0.427. The number of rotatable bonds is 12. The van der Waals surface area contributed by atoms with Crippen LogP contribution < -0.4 is 10.1 Å². The van der Waals surface area contributed by atoms with Crippen molar-refractivity contribution in [3.63, 3.8) is 0 Å². The van der Waals surface area contributed by atoms with E-state index in [1.807, 2.05) is 0 Å². The Hall–Kier alpha value is -2.45. The monoisotopic (exact) mass is 522 g/mol. The maximum Gasteiger partial charge on any atom is 0.230 e. The van der Waals surface area contributed by atoms with Gasteiger partial charge in [0, 0.05) is 40.0 Å². The minimum Gasteiger partial charge on any atom is -0.491 e. The lowest BCUT2D eigenvalue weighted by atomic mass is 9.72. The van der Waals surface area contributed by atoms with Crippen LogP contribution >= 0.6 is 0 Å². The minimum absolute atomic E-state index is 0.197. The third kappa shape index (κ3) is 6.07. The number of nitrogens with zero attached hydrogens (tertiary/aromatic N) is 1. The predicted octanol–water partition coefficient (Wildman–Crippen LogP) is 3.86. The molecule has 2 atom stereocenters. The summed E-state index contributed by atoms with van der Waals surface area (Å²) in [7, 11) is 3.41. The Morgan fingerprint density at radius 3 is 2.71 bits per heavy atom. The van der Waals surface area contributed by atoms with E-state index in [4.69, 9.17) is 18.9 Å². The molecule has 1 spiro atoms. The van der Waals surface area contributed by atoms with E-state index in [0.717, 1.165) is 63.0 Å². The van der Waals surface area contributed by atoms with Crippen molar-refractivity contribution in [3.05, 3.63) is 64.7 Å². The molecule has 2 heterocycles. The summed E-state index contributed by atoms with van der Waals surface area (Å²) in [6.45, 7) is 4.48. The summed E-state index contributed by atoms with van der Waals surface area (Å²) in [4.78, 5) is 16.5. The van der Waals surface area contributed by atoms with Crippen molar-refractivity contribution in [1.82, 2.24) is 10.2 Å². The standard InChI is InChI=1S/C31H42N2O5/c1-35-14-5-6-23-18-24(20-27(19-23)37-17-16-36-2)22-33(26-9-10-26)30(34)29-21-32-13-12-31(29)28-8-4-3-7-25(28)11-15-38-31/h3-4,7-8,18-20,26,29,32H,5-6,9-17,21-22H2,1-2H3/t29-,31?/m1/s1. The fourth-order valence-corrected chi connectivity index (χ4v) is 6.09. The molecule has 1 saturated heterocycles. The molecule has 7 nitrogen and oxygen atoms in total. The van der Waals surface area contributed by atoms with Crippen molar-refractivity contribution >= 4 is 5.91 Å². The maximum absolute atomic E-state index is 14.4. The van der Waals surface area contributed by atoms with E-state index in [2.05, 4.69) is 52.7 Å². The summed E-state index contributed by atoms with van der Waals surface area (Å²) in [5.74, 6) is 0.777. The molecule has 206 valence electrons. The summed E-state index contributed by atoms with van der Waals surface area (Å²) in [6.07, 6.45) is 5.67. The molecule has 5 rings (SSSR count). The van der Waals surface area contributed by atoms with E-state index < -0.39 is 5.60 Å². The molecule has 0 aromatic heterocycles. The second-order valence-electron chi connectivity index (χ2n) is 10.8. The van der Waals surface area contributed by atoms with Gasteiger partial charge in [0.05, 0.1) is 19.1 Å². The fraction of sp³-hybridized carbons (Fsp3) is 0.581. The average molecular weight is 523 g/mol. The Bertz CT molecular complexity index is 1060. The van der Waals surface area contributed by atoms with Gasteiger partial charge in [0.1, 0.15) is 18.0 Å². The summed E-state index contributed by atoms with van der Waals surface area (Å²) < 4.78 is 23.0. The normalized spacial score (nSPS) is 22.7. The highest BCUT2D eigenvalue weighted by atomic mass is 16.5. The molecule has 1 saturated carbocycles. The zero-order valence-electron chi connectivity index (χ0n) is 22.9. The molecule has 2 fully saturated rings. The highest BCUT2D eigenvalue weighted by Gasteiger charge is 2.51. The number of nitrogens with one attached hydrogen (secondary N) is 1. The van der Waals surface area contributed by atoms with E-state index in [0.29, 0.717) is 32.9 Å². The second-order valence-corrected chi connectivity index (χ2v) is 10.8. The van der Waals surface area contributed by atoms with Gasteiger partial charge in [0.25, 0.3) is 0 Å². The zero-order chi connectivity index (χ0) is 26.4. The number of carbonyl (C=O) groups is 1. The number of aryl methyl sites for hydroxylation is 1. The lowest BCUT2D eigenvalue weighted by Gasteiger charge is -2.48. The number of ether oxygens (including phenoxy) is 4. The Labute approximate surface area is 226 Å². The van der Waals surface area contributed by atoms with E-state index in [1.54, 1.807) is 14.2 Å². The van der Waals surface area contributed by atoms with Gasteiger partial charge in [0.15, 0.2) is 0 Å². The van der Waals surface area contributed by atoms with Crippen LogP contribution in [0.25, 0.3) is 0 Å². The molecule has 0 bridgehead atoms. The molecular formula is C31H42N2O5. The number of hydrogen-bond donors (Lipinski definition) is 1. The number of piperidine rings is 1. The predicted molar refractivity (Wildman–Crippen MR) is 146 cm³/mol. The molecule has 2 aromatic carbocycles. The van der Waals surface area contributed by atoms with Crippen LogP contribution in [0.2, 0.25) is 0 Å². The number of amides is 1. The Balaban J connectivity index is 1.41. The Morgan fingerprint density at radius 1 is 1.08 bits per heavy atom. The van der Waals surface area contributed by atoms with Gasteiger partial charge in [-0.3, -0.25) is 4.79 Å². The van der Waals surface area contributed by atoms with Crippen molar-refractivity contribution < 1.29 is 23.7 Å². The first-order chi connectivity index (χ1) is 18.6. The largest absolute Gasteiger partial charge is 0.491 e. The van der Waals surface area contributed by atoms with Gasteiger partial charge in [-0.25, -0.2) is 0 Å². The van der Waals surface area contributed by atoms with Crippen LogP contribution in [0.5, 0.6) is 5.75 Å². The summed E-state index contributed by atoms with van der Waals surface area (Å²) >= 11 is 0. The zero-order valence-corrected chi connectivity index (χ0v) is 22.9. The molecule has 2 aliphatic heterocycles. The third-order valence-electron chi connectivity index (χ3n) is 8.11. The fourth-order valence-electron chi connectivity index (χ4n) is 6.09. The second kappa shape index (κ2) is 12.6. The SMILES string of the molecule is COCCCc1cc(CN(C(=O)[C@H]2CNCCC23OCCc2ccccc23)C2CC2)cc(OCCOC)c1. The molecule has 0 radical (unpaired) electrons. The van der Waals surface area contributed by atoms with E-state index >= 15 is 0 Å². The molecule has 38 heavy (non-hydrogen) atoms. The molecule has 1 unspecified atom stereocenters. The third-order valence-corrected chi connectivity index (χ3v) is 8.11.